The summed E-state index contributed by atoms with van der Waals surface area (Å²) in [6.07, 6.45) is -5.24. The van der Waals surface area contributed by atoms with Gasteiger partial charge in [-0.3, -0.25) is 28.0 Å². The van der Waals surface area contributed by atoms with Gasteiger partial charge in [0.1, 0.15) is 30.2 Å². The predicted octanol–water partition coefficient (Wildman–Crippen LogP) is -0.560. The van der Waals surface area contributed by atoms with Crippen molar-refractivity contribution in [1.29, 1.82) is 0 Å². The number of H-pyrrole nitrogens is 1. The highest BCUT2D eigenvalue weighted by atomic mass is 32.7. The van der Waals surface area contributed by atoms with Crippen molar-refractivity contribution >= 4 is 53.1 Å². The van der Waals surface area contributed by atoms with Crippen LogP contribution in [0.1, 0.15) is 18.9 Å². The van der Waals surface area contributed by atoms with Crippen molar-refractivity contribution < 1.29 is 37.7 Å². The van der Waals surface area contributed by atoms with Crippen LogP contribution in [0.3, 0.4) is 0 Å². The molecule has 2 fully saturated rings. The maximum absolute atomic E-state index is 15.1. The fourth-order valence-electron chi connectivity index (χ4n) is 4.79. The summed E-state index contributed by atoms with van der Waals surface area (Å²) < 4.78 is 53.4. The monoisotopic (exact) mass is 614 g/mol. The van der Waals surface area contributed by atoms with Gasteiger partial charge in [-0.15, -0.1) is 0 Å². The molecule has 0 radical (unpaired) electrons. The summed E-state index contributed by atoms with van der Waals surface area (Å²) in [5, 5.41) is 20.2. The first-order valence-corrected chi connectivity index (χ1v) is 14.8. The summed E-state index contributed by atoms with van der Waals surface area (Å²) in [6.45, 7) is -5.16. The number of hydrogen-bond donors (Lipinski definition) is 6. The Bertz CT molecular complexity index is 1700. The second-order valence-corrected chi connectivity index (χ2v) is 12.2. The van der Waals surface area contributed by atoms with Crippen LogP contribution in [0.25, 0.3) is 22.3 Å². The normalized spacial score (nSPS) is 29.9. The molecule has 2 aliphatic rings. The lowest BCUT2D eigenvalue weighted by atomic mass is 10.1. The quantitative estimate of drug-likeness (QED) is 0.107. The molecule has 0 bridgehead atoms. The molecule has 21 heteroatoms. The van der Waals surface area contributed by atoms with E-state index in [1.165, 1.54) is 28.1 Å². The van der Waals surface area contributed by atoms with E-state index in [2.05, 4.69) is 42.2 Å². The molecule has 0 saturated carbocycles. The van der Waals surface area contributed by atoms with Gasteiger partial charge in [0.2, 0.25) is 5.95 Å². The molecule has 41 heavy (non-hydrogen) atoms. The third-order valence-corrected chi connectivity index (χ3v) is 8.34. The number of aromatic amines is 1. The van der Waals surface area contributed by atoms with Crippen molar-refractivity contribution in [2.45, 2.75) is 49.5 Å². The van der Waals surface area contributed by atoms with Gasteiger partial charge in [-0.1, -0.05) is 12.2 Å². The first-order valence-electron chi connectivity index (χ1n) is 12.1. The van der Waals surface area contributed by atoms with Gasteiger partial charge in [0.15, 0.2) is 41.3 Å². The first-order chi connectivity index (χ1) is 19.6. The molecule has 7 N–H and O–H groups in total. The Hall–Kier alpha value is -3.23. The number of anilines is 2. The average Bonchev–Trinajstić information content (AvgIpc) is 3.69. The zero-order valence-corrected chi connectivity index (χ0v) is 22.6. The van der Waals surface area contributed by atoms with E-state index < -0.39 is 68.6 Å². The number of ether oxygens (including phenoxy) is 2. The summed E-state index contributed by atoms with van der Waals surface area (Å²) in [4.78, 5) is 34.6. The van der Waals surface area contributed by atoms with Crippen LogP contribution in [0, 0.1) is 0 Å². The maximum Gasteiger partial charge on any atom is 0.386 e. The van der Waals surface area contributed by atoms with E-state index in [1.807, 2.05) is 0 Å². The number of aliphatic hydroxyl groups excluding tert-OH is 2. The second kappa shape index (κ2) is 10.6. The van der Waals surface area contributed by atoms with Crippen LogP contribution in [0.5, 0.6) is 0 Å². The summed E-state index contributed by atoms with van der Waals surface area (Å²) in [6, 6.07) is 0. The standard InChI is InChI=1S/C20H24FN10O8PS/c21-10-13(33)9(38-19(10)30-5-26-11-14(22)24-4-25-15(11)30)3-36-40(35,41)39-8-1-7(2-32)37-18(8)31-6-27-12-16(31)28-20(23)29-17(12)34/h4-10,13,18-19,32-33H,1-3H2,(H,35,41)(H2,22,24,25)(H3,23,28,29,34)/t7-,8+,9+,10-,13-,18+,19+,40?/m0/s1. The lowest BCUT2D eigenvalue weighted by Crippen LogP contribution is -2.31. The molecule has 2 saturated heterocycles. The molecule has 2 aliphatic heterocycles. The van der Waals surface area contributed by atoms with Gasteiger partial charge in [-0.05, 0) is 0 Å². The highest BCUT2D eigenvalue weighted by Crippen LogP contribution is 2.57. The minimum absolute atomic E-state index is 0.0261. The largest absolute Gasteiger partial charge is 0.394 e. The first kappa shape index (κ1) is 27.9. The summed E-state index contributed by atoms with van der Waals surface area (Å²) in [5.41, 5.74) is 11.3. The number of aromatic nitrogens is 8. The predicted molar refractivity (Wildman–Crippen MR) is 140 cm³/mol. The van der Waals surface area contributed by atoms with Gasteiger partial charge in [-0.25, -0.2) is 28.9 Å². The molecule has 0 amide bonds. The number of halogens is 1. The number of nitrogens with zero attached hydrogens (tertiary/aromatic N) is 7. The topological polar surface area (TPSA) is 254 Å². The summed E-state index contributed by atoms with van der Waals surface area (Å²) in [7, 11) is 0. The molecule has 0 spiro atoms. The number of fused-ring (bicyclic) bond motifs is 2. The molecule has 4 aromatic rings. The number of nitrogens with one attached hydrogen (secondary N) is 1. The molecule has 6 heterocycles. The Morgan fingerprint density at radius 3 is 2.63 bits per heavy atom. The number of rotatable bonds is 8. The molecule has 1 unspecified atom stereocenters. The Morgan fingerprint density at radius 2 is 1.88 bits per heavy atom. The van der Waals surface area contributed by atoms with E-state index in [1.54, 1.807) is 0 Å². The molecular formula is C20H24FN10O8PS. The van der Waals surface area contributed by atoms with E-state index in [-0.39, 0.29) is 40.5 Å². The Balaban J connectivity index is 1.16. The van der Waals surface area contributed by atoms with Crippen molar-refractivity contribution in [3.8, 4) is 0 Å². The van der Waals surface area contributed by atoms with E-state index in [9.17, 15) is 19.6 Å². The Kier molecular flexibility index (Phi) is 7.19. The summed E-state index contributed by atoms with van der Waals surface area (Å²) >= 11 is 4.03. The van der Waals surface area contributed by atoms with Crippen LogP contribution in [-0.2, 0) is 23.1 Å². The van der Waals surface area contributed by atoms with Crippen LogP contribution in [0.4, 0.5) is 16.2 Å². The lowest BCUT2D eigenvalue weighted by Gasteiger charge is -2.24. The SMILES string of the molecule is Nc1nc2c(ncn2[C@@H]2O[C@H](CO)C[C@H]2OP(=O)(S)OC[C@H]2O[C@@H](n3cnc4c(N)ncnc43)[C@@H](F)[C@H]2O)c(=O)[nH]1. The Labute approximate surface area is 233 Å². The molecule has 8 atom stereocenters. The number of alkyl halides is 1. The fourth-order valence-corrected chi connectivity index (χ4v) is 6.29. The zero-order valence-electron chi connectivity index (χ0n) is 20.8. The van der Waals surface area contributed by atoms with E-state index in [0.29, 0.717) is 0 Å². The van der Waals surface area contributed by atoms with Crippen LogP contribution < -0.4 is 17.0 Å². The highest BCUT2D eigenvalue weighted by molar-refractivity contribution is 8.44. The number of hydrogen-bond acceptors (Lipinski definition) is 15. The average molecular weight is 615 g/mol. The Morgan fingerprint density at radius 1 is 1.15 bits per heavy atom. The number of imidazole rings is 2. The van der Waals surface area contributed by atoms with Gasteiger partial charge in [-0.2, -0.15) is 4.98 Å². The molecule has 6 rings (SSSR count). The molecule has 220 valence electrons. The van der Waals surface area contributed by atoms with Crippen molar-refractivity contribution in [3.05, 3.63) is 29.3 Å². The van der Waals surface area contributed by atoms with Crippen LogP contribution >= 0.6 is 19.0 Å². The fraction of sp³-hybridized carbons (Fsp3) is 0.500. The van der Waals surface area contributed by atoms with Crippen molar-refractivity contribution in [2.75, 3.05) is 24.7 Å². The molecule has 0 aliphatic carbocycles. The van der Waals surface area contributed by atoms with E-state index >= 15 is 4.39 Å². The lowest BCUT2D eigenvalue weighted by molar-refractivity contribution is -0.0529. The number of nitrogen functional groups attached to an aromatic ring is 2. The van der Waals surface area contributed by atoms with Crippen LogP contribution in [-0.4, -0.2) is 93.1 Å². The van der Waals surface area contributed by atoms with Crippen molar-refractivity contribution in [2.24, 2.45) is 0 Å². The van der Waals surface area contributed by atoms with Gasteiger partial charge in [0.05, 0.1) is 32.0 Å². The van der Waals surface area contributed by atoms with Crippen LogP contribution in [0.2, 0.25) is 0 Å². The number of thiol groups is 1. The van der Waals surface area contributed by atoms with Crippen LogP contribution in [0.15, 0.2) is 23.8 Å². The van der Waals surface area contributed by atoms with Crippen molar-refractivity contribution in [3.63, 3.8) is 0 Å². The molecular weight excluding hydrogens is 590 g/mol. The molecule has 18 nitrogen and oxygen atoms in total. The zero-order chi connectivity index (χ0) is 29.1. The van der Waals surface area contributed by atoms with Gasteiger partial charge < -0.3 is 31.2 Å². The number of aliphatic hydroxyl groups is 2. The van der Waals surface area contributed by atoms with Crippen molar-refractivity contribution in [1.82, 2.24) is 39.0 Å². The van der Waals surface area contributed by atoms with Gasteiger partial charge in [0, 0.05) is 6.42 Å². The minimum Gasteiger partial charge on any atom is -0.394 e. The number of nitrogens with two attached hydrogens (primary N) is 2. The maximum atomic E-state index is 15.1. The minimum atomic E-state index is -4.21. The van der Waals surface area contributed by atoms with Gasteiger partial charge in [0.25, 0.3) is 5.56 Å². The third kappa shape index (κ3) is 5.06. The second-order valence-electron chi connectivity index (χ2n) is 9.33. The molecule has 0 aromatic carbocycles. The van der Waals surface area contributed by atoms with E-state index in [0.717, 1.165) is 0 Å². The molecule has 4 aromatic heterocycles. The van der Waals surface area contributed by atoms with Gasteiger partial charge >= 0.3 is 6.80 Å². The van der Waals surface area contributed by atoms with E-state index in [4.69, 9.17) is 30.0 Å². The third-order valence-electron chi connectivity index (χ3n) is 6.70. The summed E-state index contributed by atoms with van der Waals surface area (Å²) in [5.74, 6) is -0.0797. The highest BCUT2D eigenvalue weighted by Gasteiger charge is 2.47. The smallest absolute Gasteiger partial charge is 0.386 e.